The zero-order valence-corrected chi connectivity index (χ0v) is 19.5. The number of methoxy groups -OCH3 is 1. The summed E-state index contributed by atoms with van der Waals surface area (Å²) in [7, 11) is 3.46. The molecule has 0 saturated heterocycles. The largest absolute Gasteiger partial charge is 0.494 e. The Balaban J connectivity index is 1.70. The van der Waals surface area contributed by atoms with E-state index in [4.69, 9.17) is 15.9 Å². The number of aryl methyl sites for hydroxylation is 1. The van der Waals surface area contributed by atoms with Crippen LogP contribution in [0.15, 0.2) is 18.5 Å². The Labute approximate surface area is 191 Å². The van der Waals surface area contributed by atoms with Gasteiger partial charge >= 0.3 is 0 Å². The molecule has 0 fully saturated rings. The average Bonchev–Trinajstić information content (AvgIpc) is 3.17. The van der Waals surface area contributed by atoms with Crippen molar-refractivity contribution in [2.75, 3.05) is 25.2 Å². The first-order valence-corrected chi connectivity index (χ1v) is 11.4. The van der Waals surface area contributed by atoms with Crippen molar-refractivity contribution in [3.63, 3.8) is 0 Å². The summed E-state index contributed by atoms with van der Waals surface area (Å²) in [5.41, 5.74) is 8.97. The van der Waals surface area contributed by atoms with E-state index in [1.165, 1.54) is 16.7 Å². The van der Waals surface area contributed by atoms with E-state index in [0.29, 0.717) is 28.5 Å². The van der Waals surface area contributed by atoms with Gasteiger partial charge in [-0.25, -0.2) is 9.97 Å². The lowest BCUT2D eigenvalue weighted by Crippen LogP contribution is -2.39. The molecule has 4 N–H and O–H groups in total. The van der Waals surface area contributed by atoms with Gasteiger partial charge in [-0.1, -0.05) is 0 Å². The number of ether oxygens (including phenoxy) is 1. The first-order valence-electron chi connectivity index (χ1n) is 10.6. The minimum atomic E-state index is -0.000303. The molecule has 0 saturated carbocycles. The molecule has 0 radical (unpaired) electrons. The third-order valence-electron chi connectivity index (χ3n) is 6.13. The molecule has 3 aromatic rings. The number of hydrogen-bond donors (Lipinski definition) is 3. The van der Waals surface area contributed by atoms with Crippen molar-refractivity contribution < 1.29 is 9.53 Å². The predicted octanol–water partition coefficient (Wildman–Crippen LogP) is 4.00. The number of nitrogens with one attached hydrogen (secondary N) is 2. The number of anilines is 3. The molecular weight excluding hydrogens is 424 g/mol. The van der Waals surface area contributed by atoms with Gasteiger partial charge in [0.25, 0.3) is 0 Å². The Morgan fingerprint density at radius 2 is 2.19 bits per heavy atom. The average molecular weight is 453 g/mol. The van der Waals surface area contributed by atoms with Gasteiger partial charge in [0.2, 0.25) is 5.91 Å². The lowest BCUT2D eigenvalue weighted by molar-refractivity contribution is -0.136. The maximum atomic E-state index is 12.9. The van der Waals surface area contributed by atoms with Crippen molar-refractivity contribution in [1.29, 1.82) is 5.41 Å². The minimum absolute atomic E-state index is 0.000303. The molecule has 1 atom stereocenters. The Hall–Kier alpha value is -3.20. The molecular formula is C23H28N6O2S. The second-order valence-corrected chi connectivity index (χ2v) is 9.42. The second kappa shape index (κ2) is 8.74. The maximum absolute atomic E-state index is 12.9. The third kappa shape index (κ3) is 3.88. The summed E-state index contributed by atoms with van der Waals surface area (Å²) in [5, 5.41) is 12.0. The number of nitrogens with zero attached hydrogens (tertiary/aromatic N) is 3. The number of fused-ring (bicyclic) bond motifs is 3. The molecule has 168 valence electrons. The molecule has 0 bridgehead atoms. The number of rotatable bonds is 6. The molecule has 0 aliphatic heterocycles. The lowest BCUT2D eigenvalue weighted by Gasteiger charge is -2.29. The van der Waals surface area contributed by atoms with Gasteiger partial charge in [-0.2, -0.15) is 0 Å². The Morgan fingerprint density at radius 3 is 2.88 bits per heavy atom. The van der Waals surface area contributed by atoms with Crippen LogP contribution in [0.5, 0.6) is 5.75 Å². The fourth-order valence-corrected chi connectivity index (χ4v) is 5.36. The molecule has 8 nitrogen and oxygen atoms in total. The van der Waals surface area contributed by atoms with E-state index in [2.05, 4.69) is 15.3 Å². The number of nitrogen functional groups attached to an aromatic ring is 1. The van der Waals surface area contributed by atoms with Crippen LogP contribution in [0, 0.1) is 11.3 Å². The number of benzene rings is 1. The summed E-state index contributed by atoms with van der Waals surface area (Å²) in [5.74, 6) is 1.47. The first kappa shape index (κ1) is 22.0. The molecule has 0 unspecified atom stereocenters. The SMILES string of the molecule is COc1cc(N)c(C=N)cc1Nc1ncnc2sc3c(c12)CC[C@H](C(=O)N(C)C(C)C)C3. The first-order chi connectivity index (χ1) is 15.3. The van der Waals surface area contributed by atoms with E-state index < -0.39 is 0 Å². The van der Waals surface area contributed by atoms with Gasteiger partial charge in [-0.05, 0) is 44.7 Å². The summed E-state index contributed by atoms with van der Waals surface area (Å²) in [6.45, 7) is 4.07. The molecule has 1 aliphatic rings. The predicted molar refractivity (Wildman–Crippen MR) is 129 cm³/mol. The topological polar surface area (TPSA) is 117 Å². The molecule has 0 spiro atoms. The van der Waals surface area contributed by atoms with Gasteiger partial charge in [-0.15, -0.1) is 11.3 Å². The van der Waals surface area contributed by atoms with E-state index in [-0.39, 0.29) is 17.9 Å². The van der Waals surface area contributed by atoms with Crippen LogP contribution in [-0.4, -0.2) is 47.2 Å². The van der Waals surface area contributed by atoms with Crippen molar-refractivity contribution in [2.24, 2.45) is 5.92 Å². The van der Waals surface area contributed by atoms with Crippen molar-refractivity contribution in [3.05, 3.63) is 34.5 Å². The number of nitrogens with two attached hydrogens (primary N) is 1. The molecule has 9 heteroatoms. The van der Waals surface area contributed by atoms with Crippen molar-refractivity contribution >= 4 is 50.9 Å². The molecule has 1 aromatic carbocycles. The second-order valence-electron chi connectivity index (χ2n) is 8.34. The van der Waals surface area contributed by atoms with Crippen LogP contribution >= 0.6 is 11.3 Å². The monoisotopic (exact) mass is 452 g/mol. The van der Waals surface area contributed by atoms with Gasteiger partial charge in [0.15, 0.2) is 0 Å². The number of aromatic nitrogens is 2. The highest BCUT2D eigenvalue weighted by molar-refractivity contribution is 7.19. The fraction of sp³-hybridized carbons (Fsp3) is 0.391. The number of hydrogen-bond acceptors (Lipinski definition) is 8. The van der Waals surface area contributed by atoms with E-state index >= 15 is 0 Å². The molecule has 2 heterocycles. The number of carbonyl (C=O) groups is 1. The zero-order valence-electron chi connectivity index (χ0n) is 18.7. The third-order valence-corrected chi connectivity index (χ3v) is 7.29. The summed E-state index contributed by atoms with van der Waals surface area (Å²) < 4.78 is 5.49. The smallest absolute Gasteiger partial charge is 0.226 e. The highest BCUT2D eigenvalue weighted by atomic mass is 32.1. The molecule has 1 aliphatic carbocycles. The van der Waals surface area contributed by atoms with Crippen molar-refractivity contribution in [1.82, 2.24) is 14.9 Å². The van der Waals surface area contributed by atoms with Crippen LogP contribution in [0.3, 0.4) is 0 Å². The standard InChI is InChI=1S/C23H28N6O2S/c1-12(2)29(3)23(30)13-5-6-15-19(8-13)32-22-20(15)21(26-11-27-22)28-17-7-14(10-24)16(25)9-18(17)31-4/h7,9-13,24H,5-6,8,25H2,1-4H3,(H,26,27,28)/t13-/m0/s1. The van der Waals surface area contributed by atoms with Crippen LogP contribution in [0.25, 0.3) is 10.2 Å². The van der Waals surface area contributed by atoms with E-state index in [1.54, 1.807) is 36.9 Å². The molecule has 4 rings (SSSR count). The summed E-state index contributed by atoms with van der Waals surface area (Å²) >= 11 is 1.64. The quantitative estimate of drug-likeness (QED) is 0.384. The molecule has 2 aromatic heterocycles. The number of carbonyl (C=O) groups excluding carboxylic acids is 1. The number of thiophene rings is 1. The lowest BCUT2D eigenvalue weighted by atomic mass is 9.86. The Morgan fingerprint density at radius 1 is 1.41 bits per heavy atom. The minimum Gasteiger partial charge on any atom is -0.494 e. The zero-order chi connectivity index (χ0) is 23.0. The maximum Gasteiger partial charge on any atom is 0.226 e. The van der Waals surface area contributed by atoms with Crippen LogP contribution in [-0.2, 0) is 17.6 Å². The van der Waals surface area contributed by atoms with Crippen molar-refractivity contribution in [2.45, 2.75) is 39.2 Å². The van der Waals surface area contributed by atoms with Crippen LogP contribution in [0.4, 0.5) is 17.2 Å². The fourth-order valence-electron chi connectivity index (χ4n) is 4.09. The Bertz CT molecular complexity index is 1190. The van der Waals surface area contributed by atoms with Gasteiger partial charge in [0.05, 0.1) is 18.2 Å². The highest BCUT2D eigenvalue weighted by Crippen LogP contribution is 2.42. The number of amides is 1. The van der Waals surface area contributed by atoms with E-state index in [9.17, 15) is 4.79 Å². The summed E-state index contributed by atoms with van der Waals surface area (Å²) in [4.78, 5) is 25.8. The van der Waals surface area contributed by atoms with Crippen LogP contribution in [0.2, 0.25) is 0 Å². The molecule has 1 amide bonds. The Kier molecular flexibility index (Phi) is 6.01. The van der Waals surface area contributed by atoms with Gasteiger partial charge in [0, 0.05) is 47.4 Å². The van der Waals surface area contributed by atoms with Gasteiger partial charge in [0.1, 0.15) is 22.7 Å². The summed E-state index contributed by atoms with van der Waals surface area (Å²) in [6, 6.07) is 3.67. The highest BCUT2D eigenvalue weighted by Gasteiger charge is 2.31. The van der Waals surface area contributed by atoms with E-state index in [0.717, 1.165) is 29.5 Å². The van der Waals surface area contributed by atoms with Crippen molar-refractivity contribution in [3.8, 4) is 5.75 Å². The molecule has 32 heavy (non-hydrogen) atoms. The van der Waals surface area contributed by atoms with E-state index in [1.807, 2.05) is 25.8 Å². The van der Waals surface area contributed by atoms with Gasteiger partial charge < -0.3 is 26.1 Å². The van der Waals surface area contributed by atoms with Crippen LogP contribution < -0.4 is 15.8 Å². The summed E-state index contributed by atoms with van der Waals surface area (Å²) in [6.07, 6.45) is 5.11. The van der Waals surface area contributed by atoms with Crippen LogP contribution in [0.1, 0.15) is 36.3 Å². The van der Waals surface area contributed by atoms with Gasteiger partial charge in [-0.3, -0.25) is 4.79 Å². The normalized spacial score (nSPS) is 15.5.